The van der Waals surface area contributed by atoms with Gasteiger partial charge in [0.2, 0.25) is 0 Å². The summed E-state index contributed by atoms with van der Waals surface area (Å²) >= 11 is 0. The molecule has 0 aromatic rings. The van der Waals surface area contributed by atoms with Crippen LogP contribution in [0.4, 0.5) is 4.39 Å². The maximum absolute atomic E-state index is 12.6. The third kappa shape index (κ3) is 1.04. The zero-order valence-corrected chi connectivity index (χ0v) is 5.36. The topological polar surface area (TPSA) is 33.3 Å². The molecule has 0 saturated carbocycles. The van der Waals surface area contributed by atoms with E-state index in [-0.39, 0.29) is 5.83 Å². The molecule has 0 aromatic heterocycles. The minimum Gasteiger partial charge on any atom is -0.409 e. The van der Waals surface area contributed by atoms with E-state index >= 15 is 0 Å². The number of nitrogens with one attached hydrogen (secondary N) is 2. The van der Waals surface area contributed by atoms with E-state index in [2.05, 4.69) is 15.6 Å². The Labute approximate surface area is 52.8 Å². The van der Waals surface area contributed by atoms with E-state index < -0.39 is 6.17 Å². The largest absolute Gasteiger partial charge is 0.409 e. The van der Waals surface area contributed by atoms with E-state index in [0.29, 0.717) is 5.76 Å². The summed E-state index contributed by atoms with van der Waals surface area (Å²) in [6.45, 7) is 1.57. The van der Waals surface area contributed by atoms with Gasteiger partial charge in [0, 0.05) is 0 Å². The number of allylic oxidation sites excluding steroid dienone is 1. The quantitative estimate of drug-likeness (QED) is 0.537. The van der Waals surface area contributed by atoms with Gasteiger partial charge in [-0.25, -0.2) is 4.39 Å². The maximum atomic E-state index is 12.6. The fourth-order valence-corrected chi connectivity index (χ4v) is 0.637. The van der Waals surface area contributed by atoms with Crippen molar-refractivity contribution in [3.63, 3.8) is 0 Å². The Morgan fingerprint density at radius 2 is 2.44 bits per heavy atom. The van der Waals surface area contributed by atoms with Crippen LogP contribution in [0.25, 0.3) is 0 Å². The Morgan fingerprint density at radius 1 is 1.78 bits per heavy atom. The Hall–Kier alpha value is -0.610. The minimum absolute atomic E-state index is 0.280. The second-order valence-electron chi connectivity index (χ2n) is 1.85. The molecule has 0 aromatic carbocycles. The molecule has 0 fully saturated rings. The smallest absolute Gasteiger partial charge is 0.174 e. The van der Waals surface area contributed by atoms with Crippen LogP contribution in [0.15, 0.2) is 11.6 Å². The van der Waals surface area contributed by atoms with Gasteiger partial charge in [-0.2, -0.15) is 0 Å². The summed E-state index contributed by atoms with van der Waals surface area (Å²) in [6.07, 6.45) is -0.468. The van der Waals surface area contributed by atoms with Crippen LogP contribution in [0.2, 0.25) is 0 Å². The molecule has 0 radical (unpaired) electrons. The maximum Gasteiger partial charge on any atom is 0.174 e. The van der Waals surface area contributed by atoms with Gasteiger partial charge in [-0.15, -0.1) is 5.48 Å². The first-order chi connectivity index (χ1) is 4.25. The van der Waals surface area contributed by atoms with E-state index in [1.54, 1.807) is 14.0 Å². The van der Waals surface area contributed by atoms with E-state index in [9.17, 15) is 4.39 Å². The number of likely N-dealkylation sites (N-methyl/N-ethyl adjacent to an activating group) is 1. The summed E-state index contributed by atoms with van der Waals surface area (Å²) in [5.41, 5.74) is 2.45. The Morgan fingerprint density at radius 3 is 2.67 bits per heavy atom. The molecule has 9 heavy (non-hydrogen) atoms. The molecule has 0 bridgehead atoms. The third-order valence-electron chi connectivity index (χ3n) is 1.21. The molecule has 1 aliphatic rings. The Kier molecular flexibility index (Phi) is 1.68. The van der Waals surface area contributed by atoms with Crippen LogP contribution in [-0.2, 0) is 4.84 Å². The van der Waals surface area contributed by atoms with Crippen molar-refractivity contribution in [2.45, 2.75) is 13.1 Å². The lowest BCUT2D eigenvalue weighted by atomic mass is 10.4. The van der Waals surface area contributed by atoms with Gasteiger partial charge in [-0.05, 0) is 14.0 Å². The standard InChI is InChI=1S/C5H9FN2O/c1-3-4(6)5(7-2)8-9-3/h5,7-8H,1-2H3. The van der Waals surface area contributed by atoms with Crippen LogP contribution in [0, 0.1) is 0 Å². The van der Waals surface area contributed by atoms with Crippen molar-refractivity contribution in [2.24, 2.45) is 0 Å². The molecule has 1 atom stereocenters. The fraction of sp³-hybridized carbons (Fsp3) is 0.600. The Bertz CT molecular complexity index is 146. The molecule has 3 nitrogen and oxygen atoms in total. The highest BCUT2D eigenvalue weighted by Gasteiger charge is 2.22. The molecule has 1 aliphatic heterocycles. The van der Waals surface area contributed by atoms with E-state index in [1.165, 1.54) is 0 Å². The molecule has 2 N–H and O–H groups in total. The van der Waals surface area contributed by atoms with Gasteiger partial charge in [-0.3, -0.25) is 5.32 Å². The number of hydrogen-bond acceptors (Lipinski definition) is 3. The number of hydrogen-bond donors (Lipinski definition) is 2. The molecule has 0 saturated heterocycles. The van der Waals surface area contributed by atoms with Crippen LogP contribution in [0.1, 0.15) is 6.92 Å². The number of hydroxylamine groups is 1. The average Bonchev–Trinajstić information content (AvgIpc) is 2.15. The highest BCUT2D eigenvalue weighted by molar-refractivity contribution is 5.07. The second kappa shape index (κ2) is 2.33. The van der Waals surface area contributed by atoms with Crippen LogP contribution >= 0.6 is 0 Å². The van der Waals surface area contributed by atoms with Crippen LogP contribution < -0.4 is 10.8 Å². The highest BCUT2D eigenvalue weighted by Crippen LogP contribution is 2.15. The van der Waals surface area contributed by atoms with Gasteiger partial charge in [-0.1, -0.05) is 0 Å². The first kappa shape index (κ1) is 6.51. The average molecular weight is 132 g/mol. The van der Waals surface area contributed by atoms with Gasteiger partial charge >= 0.3 is 0 Å². The van der Waals surface area contributed by atoms with E-state index in [4.69, 9.17) is 0 Å². The van der Waals surface area contributed by atoms with E-state index in [1.807, 2.05) is 0 Å². The van der Waals surface area contributed by atoms with Crippen molar-refractivity contribution in [3.05, 3.63) is 11.6 Å². The molecule has 1 heterocycles. The van der Waals surface area contributed by atoms with Gasteiger partial charge in [0.1, 0.15) is 6.17 Å². The zero-order chi connectivity index (χ0) is 6.85. The van der Waals surface area contributed by atoms with E-state index in [0.717, 1.165) is 0 Å². The van der Waals surface area contributed by atoms with Gasteiger partial charge in [0.15, 0.2) is 11.6 Å². The molecule has 0 spiro atoms. The molecule has 1 unspecified atom stereocenters. The molecule has 0 aliphatic carbocycles. The van der Waals surface area contributed by atoms with Crippen molar-refractivity contribution < 1.29 is 9.23 Å². The number of rotatable bonds is 1. The van der Waals surface area contributed by atoms with Crippen molar-refractivity contribution in [2.75, 3.05) is 7.05 Å². The lowest BCUT2D eigenvalue weighted by Gasteiger charge is -2.04. The summed E-state index contributed by atoms with van der Waals surface area (Å²) in [5, 5.41) is 2.68. The summed E-state index contributed by atoms with van der Waals surface area (Å²) in [6, 6.07) is 0. The predicted molar refractivity (Wildman–Crippen MR) is 30.9 cm³/mol. The molecule has 4 heteroatoms. The predicted octanol–water partition coefficient (Wildman–Crippen LogP) is 0.268. The molecule has 0 amide bonds. The second-order valence-corrected chi connectivity index (χ2v) is 1.85. The molecular weight excluding hydrogens is 123 g/mol. The Balaban J connectivity index is 2.63. The molecule has 52 valence electrons. The molecule has 1 rings (SSSR count). The summed E-state index contributed by atoms with van der Waals surface area (Å²) in [4.78, 5) is 4.66. The normalized spacial score (nSPS) is 26.8. The lowest BCUT2D eigenvalue weighted by molar-refractivity contribution is 0.110. The summed E-state index contributed by atoms with van der Waals surface area (Å²) in [5.74, 6) is 0.0202. The molecular formula is C5H9FN2O. The highest BCUT2D eigenvalue weighted by atomic mass is 19.1. The van der Waals surface area contributed by atoms with Gasteiger partial charge in [0.05, 0.1) is 0 Å². The van der Waals surface area contributed by atoms with Gasteiger partial charge in [0.25, 0.3) is 0 Å². The van der Waals surface area contributed by atoms with Crippen molar-refractivity contribution in [1.82, 2.24) is 10.8 Å². The van der Waals surface area contributed by atoms with Crippen molar-refractivity contribution in [1.29, 1.82) is 0 Å². The van der Waals surface area contributed by atoms with Crippen molar-refractivity contribution in [3.8, 4) is 0 Å². The lowest BCUT2D eigenvalue weighted by Crippen LogP contribution is -2.35. The van der Waals surface area contributed by atoms with Crippen LogP contribution in [0.3, 0.4) is 0 Å². The first-order valence-corrected chi connectivity index (χ1v) is 2.71. The third-order valence-corrected chi connectivity index (χ3v) is 1.21. The van der Waals surface area contributed by atoms with Crippen molar-refractivity contribution >= 4 is 0 Å². The summed E-state index contributed by atoms with van der Waals surface area (Å²) in [7, 11) is 1.65. The van der Waals surface area contributed by atoms with Crippen LogP contribution in [-0.4, -0.2) is 13.2 Å². The SMILES string of the molecule is CNC1NOC(C)=C1F. The monoisotopic (exact) mass is 132 g/mol. The zero-order valence-electron chi connectivity index (χ0n) is 5.36. The minimum atomic E-state index is -0.468. The first-order valence-electron chi connectivity index (χ1n) is 2.71. The summed E-state index contributed by atoms with van der Waals surface area (Å²) < 4.78 is 12.6. The van der Waals surface area contributed by atoms with Gasteiger partial charge < -0.3 is 4.84 Å². The van der Waals surface area contributed by atoms with Crippen LogP contribution in [0.5, 0.6) is 0 Å². The fourth-order valence-electron chi connectivity index (χ4n) is 0.637. The number of halogens is 1.